The number of carboxylic acid groups (broad SMARTS) is 1. The highest BCUT2D eigenvalue weighted by Gasteiger charge is 2.34. The molecule has 2 aromatic rings. The Hall–Kier alpha value is -3.55. The zero-order valence-electron chi connectivity index (χ0n) is 15.8. The van der Waals surface area contributed by atoms with Crippen molar-refractivity contribution in [2.45, 2.75) is 19.3 Å². The highest BCUT2D eigenvalue weighted by molar-refractivity contribution is 6.16. The summed E-state index contributed by atoms with van der Waals surface area (Å²) in [5, 5.41) is 9.78. The van der Waals surface area contributed by atoms with Gasteiger partial charge in [0.2, 0.25) is 0 Å². The van der Waals surface area contributed by atoms with Crippen LogP contribution < -0.4 is 0 Å². The zero-order chi connectivity index (χ0) is 21.2. The molecule has 2 heterocycles. The van der Waals surface area contributed by atoms with E-state index in [1.807, 2.05) is 13.8 Å². The van der Waals surface area contributed by atoms with E-state index in [4.69, 9.17) is 0 Å². The lowest BCUT2D eigenvalue weighted by Crippen LogP contribution is -2.37. The third kappa shape index (κ3) is 4.16. The first-order chi connectivity index (χ1) is 13.7. The van der Waals surface area contributed by atoms with Crippen molar-refractivity contribution in [2.24, 2.45) is 0 Å². The number of nitrogens with one attached hydrogen (secondary N) is 1. The van der Waals surface area contributed by atoms with E-state index in [2.05, 4.69) is 9.97 Å². The number of carbonyl (C=O) groups excluding carboxylic acids is 1. The van der Waals surface area contributed by atoms with Crippen LogP contribution in [0.15, 0.2) is 55.1 Å². The molecule has 1 aliphatic heterocycles. The molecule has 6 nitrogen and oxygen atoms in total. The summed E-state index contributed by atoms with van der Waals surface area (Å²) in [6, 6.07) is 6.17. The first kappa shape index (κ1) is 20.2. The van der Waals surface area contributed by atoms with Gasteiger partial charge in [0.25, 0.3) is 5.91 Å². The molecular weight excluding hydrogens is 380 g/mol. The molecule has 0 unspecified atom stereocenters. The summed E-state index contributed by atoms with van der Waals surface area (Å²) in [6.07, 6.45) is 5.88. The first-order valence-electron chi connectivity index (χ1n) is 8.78. The number of fused-ring (bicyclic) bond motifs is 1. The van der Waals surface area contributed by atoms with Crippen LogP contribution in [0.2, 0.25) is 0 Å². The third-order valence-corrected chi connectivity index (χ3v) is 4.59. The van der Waals surface area contributed by atoms with Crippen molar-refractivity contribution in [1.82, 2.24) is 14.9 Å². The van der Waals surface area contributed by atoms with Crippen LogP contribution in [0, 0.1) is 11.6 Å². The van der Waals surface area contributed by atoms with Gasteiger partial charge in [-0.2, -0.15) is 0 Å². The van der Waals surface area contributed by atoms with Crippen LogP contribution in [-0.2, 0) is 10.2 Å². The predicted octanol–water partition coefficient (Wildman–Crippen LogP) is 3.67. The second kappa shape index (κ2) is 7.83. The summed E-state index contributed by atoms with van der Waals surface area (Å²) in [5.41, 5.74) is -0.0646. The van der Waals surface area contributed by atoms with E-state index in [1.54, 1.807) is 30.7 Å². The molecule has 8 heteroatoms. The third-order valence-electron chi connectivity index (χ3n) is 4.59. The monoisotopic (exact) mass is 399 g/mol. The number of carboxylic acids is 1. The van der Waals surface area contributed by atoms with E-state index in [1.165, 1.54) is 11.1 Å². The largest absolute Gasteiger partial charge is 0.478 e. The average molecular weight is 399 g/mol. The minimum atomic E-state index is -1.25. The Balaban J connectivity index is 2.19. The molecular formula is C21H19F2N3O3. The van der Waals surface area contributed by atoms with Crippen molar-refractivity contribution < 1.29 is 23.5 Å². The van der Waals surface area contributed by atoms with Crippen LogP contribution in [0.1, 0.15) is 35.5 Å². The van der Waals surface area contributed by atoms with E-state index >= 15 is 0 Å². The molecule has 150 valence electrons. The summed E-state index contributed by atoms with van der Waals surface area (Å²) in [5.74, 6) is -4.12. The number of aliphatic carboxylic acids is 1. The smallest absolute Gasteiger partial charge is 0.339 e. The molecule has 29 heavy (non-hydrogen) atoms. The number of hydrogen-bond acceptors (Lipinski definition) is 3. The molecule has 1 amide bonds. The number of rotatable bonds is 2. The Morgan fingerprint density at radius 2 is 1.97 bits per heavy atom. The number of benzene rings is 1. The summed E-state index contributed by atoms with van der Waals surface area (Å²) in [7, 11) is 0. The summed E-state index contributed by atoms with van der Waals surface area (Å²) < 4.78 is 26.8. The highest BCUT2D eigenvalue weighted by atomic mass is 19.2. The number of hydrogen-bond donors (Lipinski definition) is 2. The Kier molecular flexibility index (Phi) is 5.45. The zero-order valence-corrected chi connectivity index (χ0v) is 15.8. The minimum Gasteiger partial charge on any atom is -0.478 e. The average Bonchev–Trinajstić information content (AvgIpc) is 2.73. The van der Waals surface area contributed by atoms with Gasteiger partial charge in [-0.25, -0.2) is 13.6 Å². The van der Waals surface area contributed by atoms with Gasteiger partial charge in [-0.1, -0.05) is 13.8 Å². The van der Waals surface area contributed by atoms with E-state index in [0.29, 0.717) is 11.3 Å². The molecule has 0 atom stereocenters. The minimum absolute atomic E-state index is 0.0868. The fourth-order valence-corrected chi connectivity index (χ4v) is 3.15. The van der Waals surface area contributed by atoms with Crippen molar-refractivity contribution in [3.05, 3.63) is 83.6 Å². The maximum Gasteiger partial charge on any atom is 0.339 e. The van der Waals surface area contributed by atoms with Crippen molar-refractivity contribution in [1.29, 1.82) is 0 Å². The van der Waals surface area contributed by atoms with Gasteiger partial charge < -0.3 is 15.0 Å². The molecule has 0 spiro atoms. The molecule has 0 saturated carbocycles. The van der Waals surface area contributed by atoms with Crippen molar-refractivity contribution in [2.75, 3.05) is 6.54 Å². The Labute approximate surface area is 165 Å². The second-order valence-corrected chi connectivity index (χ2v) is 7.21. The number of nitrogens with zero attached hydrogens (tertiary/aromatic N) is 2. The number of amides is 1. The normalized spacial score (nSPS) is 14.9. The van der Waals surface area contributed by atoms with Gasteiger partial charge in [0.05, 0.1) is 11.3 Å². The highest BCUT2D eigenvalue weighted by Crippen LogP contribution is 2.33. The van der Waals surface area contributed by atoms with Gasteiger partial charge in [0.1, 0.15) is 0 Å². The van der Waals surface area contributed by atoms with Crippen molar-refractivity contribution in [3.63, 3.8) is 0 Å². The van der Waals surface area contributed by atoms with Crippen LogP contribution in [0.3, 0.4) is 0 Å². The molecule has 0 aliphatic carbocycles. The molecule has 2 N–H and O–H groups in total. The predicted molar refractivity (Wildman–Crippen MR) is 102 cm³/mol. The molecule has 0 fully saturated rings. The van der Waals surface area contributed by atoms with Crippen LogP contribution >= 0.6 is 0 Å². The van der Waals surface area contributed by atoms with Crippen LogP contribution in [0.4, 0.5) is 8.78 Å². The molecule has 0 saturated heterocycles. The molecule has 0 bridgehead atoms. The Bertz CT molecular complexity index is 1060. The molecule has 1 aromatic carbocycles. The lowest BCUT2D eigenvalue weighted by Gasteiger charge is -2.29. The molecule has 3 rings (SSSR count). The maximum absolute atomic E-state index is 13.6. The number of halogens is 2. The molecule has 1 aliphatic rings. The molecule has 1 aromatic heterocycles. The Morgan fingerprint density at radius 1 is 1.21 bits per heavy atom. The fraction of sp³-hybridized carbons (Fsp3) is 0.190. The van der Waals surface area contributed by atoms with E-state index in [9.17, 15) is 23.5 Å². The lowest BCUT2D eigenvalue weighted by molar-refractivity contribution is -0.130. The lowest BCUT2D eigenvalue weighted by atomic mass is 9.83. The number of aromatic nitrogens is 2. The van der Waals surface area contributed by atoms with Crippen molar-refractivity contribution >= 4 is 17.4 Å². The fourth-order valence-electron chi connectivity index (χ4n) is 3.15. The van der Waals surface area contributed by atoms with E-state index in [0.717, 1.165) is 18.2 Å². The van der Waals surface area contributed by atoms with Gasteiger partial charge in [-0.3, -0.25) is 9.78 Å². The van der Waals surface area contributed by atoms with Gasteiger partial charge in [-0.05, 0) is 30.3 Å². The number of aromatic amines is 1. The Morgan fingerprint density at radius 3 is 2.66 bits per heavy atom. The van der Waals surface area contributed by atoms with Gasteiger partial charge in [0, 0.05) is 47.9 Å². The topological polar surface area (TPSA) is 86.3 Å². The number of H-pyrrole nitrogens is 1. The number of carbonyl (C=O) groups is 2. The summed E-state index contributed by atoms with van der Waals surface area (Å²) >= 11 is 0. The summed E-state index contributed by atoms with van der Waals surface area (Å²) in [6.45, 7) is 3.78. The maximum atomic E-state index is 13.6. The second-order valence-electron chi connectivity index (χ2n) is 7.21. The van der Waals surface area contributed by atoms with Crippen LogP contribution in [0.25, 0.3) is 5.57 Å². The quantitative estimate of drug-likeness (QED) is 0.807. The van der Waals surface area contributed by atoms with Gasteiger partial charge >= 0.3 is 5.97 Å². The van der Waals surface area contributed by atoms with Crippen molar-refractivity contribution in [3.8, 4) is 0 Å². The van der Waals surface area contributed by atoms with Crippen LogP contribution in [-0.4, -0.2) is 38.4 Å². The summed E-state index contributed by atoms with van der Waals surface area (Å²) in [4.78, 5) is 33.3. The van der Waals surface area contributed by atoms with Gasteiger partial charge in [0.15, 0.2) is 11.6 Å². The standard InChI is InChI=1S/C21H19F2N3O3/c1-21(2)12-26(19(27)13-5-6-16(22)17(23)9-13)11-14(20(28)29)18-15(21)10-24-7-3-4-8-25-18/h3-11,25H,12H2,1-2H3,(H,28,29). The van der Waals surface area contributed by atoms with Crippen LogP contribution in [0.5, 0.6) is 0 Å². The first-order valence-corrected chi connectivity index (χ1v) is 8.78. The van der Waals surface area contributed by atoms with E-state index < -0.39 is 28.9 Å². The van der Waals surface area contributed by atoms with Gasteiger partial charge in [-0.15, -0.1) is 0 Å². The van der Waals surface area contributed by atoms with E-state index in [-0.39, 0.29) is 17.7 Å². The SMILES string of the molecule is CC1(C)CN(C(=O)c2ccc(F)c(F)c2)C=C(C(=O)O)c2[nH]ccccncc21. The molecule has 0 radical (unpaired) electrons.